The highest BCUT2D eigenvalue weighted by Crippen LogP contribution is 2.23. The third kappa shape index (κ3) is 4.66. The van der Waals surface area contributed by atoms with E-state index < -0.39 is 15.3 Å². The van der Waals surface area contributed by atoms with Crippen molar-refractivity contribution in [3.8, 4) is 11.1 Å². The summed E-state index contributed by atoms with van der Waals surface area (Å²) in [4.78, 5) is 0. The fourth-order valence-electron chi connectivity index (χ4n) is 2.28. The molecule has 0 heterocycles. The highest BCUT2D eigenvalue weighted by Gasteiger charge is 2.16. The standard InChI is InChI=1S/C19H25NO2S/c1-14(2)23(21,22)20-13-16(4)17-9-11-19(12-10-17)18-7-5-15(3)6-8-18/h5-12,14,16,20H,13H2,1-4H3/t16-/m0/s1. The molecule has 0 aliphatic carbocycles. The predicted octanol–water partition coefficient (Wildman–Crippen LogP) is 4.09. The van der Waals surface area contributed by atoms with Gasteiger partial charge in [0.05, 0.1) is 5.25 Å². The Labute approximate surface area is 139 Å². The molecular weight excluding hydrogens is 306 g/mol. The van der Waals surface area contributed by atoms with Gasteiger partial charge in [0, 0.05) is 6.54 Å². The third-order valence-electron chi connectivity index (χ3n) is 4.08. The van der Waals surface area contributed by atoms with E-state index in [0.29, 0.717) is 6.54 Å². The van der Waals surface area contributed by atoms with Crippen LogP contribution in [0.25, 0.3) is 11.1 Å². The largest absolute Gasteiger partial charge is 0.214 e. The molecule has 0 aromatic heterocycles. The molecule has 0 saturated carbocycles. The van der Waals surface area contributed by atoms with E-state index in [1.54, 1.807) is 13.8 Å². The first-order valence-corrected chi connectivity index (χ1v) is 9.49. The van der Waals surface area contributed by atoms with Crippen molar-refractivity contribution in [1.29, 1.82) is 0 Å². The Morgan fingerprint density at radius 2 is 1.35 bits per heavy atom. The second-order valence-electron chi connectivity index (χ2n) is 6.33. The summed E-state index contributed by atoms with van der Waals surface area (Å²) in [5.74, 6) is 0.135. The molecule has 0 saturated heterocycles. The van der Waals surface area contributed by atoms with E-state index in [9.17, 15) is 8.42 Å². The number of rotatable bonds is 6. The summed E-state index contributed by atoms with van der Waals surface area (Å²) in [5.41, 5.74) is 4.74. The van der Waals surface area contributed by atoms with Gasteiger partial charge in [-0.1, -0.05) is 61.0 Å². The van der Waals surface area contributed by atoms with Crippen LogP contribution in [-0.2, 0) is 10.0 Å². The molecule has 0 radical (unpaired) electrons. The van der Waals surface area contributed by atoms with Gasteiger partial charge >= 0.3 is 0 Å². The molecule has 0 amide bonds. The Hall–Kier alpha value is -1.65. The maximum atomic E-state index is 11.8. The van der Waals surface area contributed by atoms with Crippen molar-refractivity contribution in [3.05, 3.63) is 59.7 Å². The van der Waals surface area contributed by atoms with Gasteiger partial charge in [0.15, 0.2) is 0 Å². The molecule has 4 heteroatoms. The molecule has 0 fully saturated rings. The van der Waals surface area contributed by atoms with Gasteiger partial charge in [-0.05, 0) is 43.4 Å². The van der Waals surface area contributed by atoms with Gasteiger partial charge in [-0.3, -0.25) is 0 Å². The van der Waals surface area contributed by atoms with Crippen molar-refractivity contribution in [1.82, 2.24) is 4.72 Å². The minimum Gasteiger partial charge on any atom is -0.214 e. The highest BCUT2D eigenvalue weighted by atomic mass is 32.2. The first kappa shape index (κ1) is 17.7. The second kappa shape index (κ2) is 7.28. The van der Waals surface area contributed by atoms with Gasteiger partial charge in [0.25, 0.3) is 0 Å². The Balaban J connectivity index is 2.05. The maximum absolute atomic E-state index is 11.8. The molecule has 0 bridgehead atoms. The van der Waals surface area contributed by atoms with Crippen molar-refractivity contribution in [2.45, 2.75) is 38.9 Å². The van der Waals surface area contributed by atoms with E-state index in [2.05, 4.69) is 60.2 Å². The molecule has 1 N–H and O–H groups in total. The molecule has 2 rings (SSSR count). The molecule has 0 aliphatic heterocycles. The molecule has 2 aromatic carbocycles. The summed E-state index contributed by atoms with van der Waals surface area (Å²) >= 11 is 0. The molecule has 0 unspecified atom stereocenters. The van der Waals surface area contributed by atoms with Gasteiger partial charge < -0.3 is 0 Å². The first-order chi connectivity index (χ1) is 10.8. The average molecular weight is 331 g/mol. The number of hydrogen-bond donors (Lipinski definition) is 1. The fraction of sp³-hybridized carbons (Fsp3) is 0.368. The zero-order chi connectivity index (χ0) is 17.0. The highest BCUT2D eigenvalue weighted by molar-refractivity contribution is 7.90. The van der Waals surface area contributed by atoms with Gasteiger partial charge in [-0.25, -0.2) is 13.1 Å². The SMILES string of the molecule is Cc1ccc(-c2ccc([C@@H](C)CNS(=O)(=O)C(C)C)cc2)cc1. The summed E-state index contributed by atoms with van der Waals surface area (Å²) in [6.45, 7) is 7.90. The maximum Gasteiger partial charge on any atom is 0.213 e. The molecule has 0 spiro atoms. The summed E-state index contributed by atoms with van der Waals surface area (Å²) in [6.07, 6.45) is 0. The van der Waals surface area contributed by atoms with Gasteiger partial charge in [0.1, 0.15) is 0 Å². The van der Waals surface area contributed by atoms with Crippen LogP contribution in [0, 0.1) is 6.92 Å². The topological polar surface area (TPSA) is 46.2 Å². The first-order valence-electron chi connectivity index (χ1n) is 7.95. The van der Waals surface area contributed by atoms with Crippen molar-refractivity contribution in [2.75, 3.05) is 6.54 Å². The Morgan fingerprint density at radius 1 is 0.870 bits per heavy atom. The zero-order valence-electron chi connectivity index (χ0n) is 14.2. The lowest BCUT2D eigenvalue weighted by Gasteiger charge is -2.15. The minimum absolute atomic E-state index is 0.135. The second-order valence-corrected chi connectivity index (χ2v) is 8.65. The van der Waals surface area contributed by atoms with Crippen LogP contribution >= 0.6 is 0 Å². The summed E-state index contributed by atoms with van der Waals surface area (Å²) < 4.78 is 26.3. The Kier molecular flexibility index (Phi) is 5.60. The lowest BCUT2D eigenvalue weighted by atomic mass is 9.97. The van der Waals surface area contributed by atoms with E-state index in [-0.39, 0.29) is 5.92 Å². The Bertz CT molecular complexity index is 732. The van der Waals surface area contributed by atoms with Crippen molar-refractivity contribution in [3.63, 3.8) is 0 Å². The fourth-order valence-corrected chi connectivity index (χ4v) is 3.09. The molecule has 124 valence electrons. The molecule has 23 heavy (non-hydrogen) atoms. The van der Waals surface area contributed by atoms with Crippen LogP contribution in [0.4, 0.5) is 0 Å². The van der Waals surface area contributed by atoms with Crippen LogP contribution in [0.2, 0.25) is 0 Å². The zero-order valence-corrected chi connectivity index (χ0v) is 15.0. The number of sulfonamides is 1. The van der Waals surface area contributed by atoms with E-state index >= 15 is 0 Å². The van der Waals surface area contributed by atoms with E-state index in [1.165, 1.54) is 16.7 Å². The van der Waals surface area contributed by atoms with Crippen LogP contribution < -0.4 is 4.72 Å². The quantitative estimate of drug-likeness (QED) is 0.866. The molecular formula is C19H25NO2S. The molecule has 3 nitrogen and oxygen atoms in total. The summed E-state index contributed by atoms with van der Waals surface area (Å²) in [7, 11) is -3.21. The third-order valence-corrected chi connectivity index (χ3v) is 5.89. The van der Waals surface area contributed by atoms with Crippen molar-refractivity contribution in [2.24, 2.45) is 0 Å². The van der Waals surface area contributed by atoms with Crippen molar-refractivity contribution < 1.29 is 8.42 Å². The molecule has 0 aliphatic rings. The van der Waals surface area contributed by atoms with Gasteiger partial charge in [0.2, 0.25) is 10.0 Å². The number of benzene rings is 2. The lowest BCUT2D eigenvalue weighted by molar-refractivity contribution is 0.566. The smallest absolute Gasteiger partial charge is 0.213 e. The van der Waals surface area contributed by atoms with E-state index in [0.717, 1.165) is 5.56 Å². The van der Waals surface area contributed by atoms with Crippen LogP contribution in [0.1, 0.15) is 37.8 Å². The van der Waals surface area contributed by atoms with Crippen LogP contribution in [-0.4, -0.2) is 20.2 Å². The number of nitrogens with one attached hydrogen (secondary N) is 1. The molecule has 1 atom stereocenters. The van der Waals surface area contributed by atoms with E-state index in [1.807, 2.05) is 6.92 Å². The average Bonchev–Trinajstić information content (AvgIpc) is 2.53. The van der Waals surface area contributed by atoms with Crippen molar-refractivity contribution >= 4 is 10.0 Å². The normalized spacial score (nSPS) is 13.3. The summed E-state index contributed by atoms with van der Waals surface area (Å²) in [5, 5.41) is -0.404. The molecule has 2 aromatic rings. The van der Waals surface area contributed by atoms with Gasteiger partial charge in [-0.15, -0.1) is 0 Å². The monoisotopic (exact) mass is 331 g/mol. The number of hydrogen-bond acceptors (Lipinski definition) is 2. The van der Waals surface area contributed by atoms with Crippen LogP contribution in [0.3, 0.4) is 0 Å². The van der Waals surface area contributed by atoms with Gasteiger partial charge in [-0.2, -0.15) is 0 Å². The minimum atomic E-state index is -3.21. The van der Waals surface area contributed by atoms with Crippen LogP contribution in [0.15, 0.2) is 48.5 Å². The lowest BCUT2D eigenvalue weighted by Crippen LogP contribution is -2.33. The van der Waals surface area contributed by atoms with E-state index in [4.69, 9.17) is 0 Å². The van der Waals surface area contributed by atoms with Crippen LogP contribution in [0.5, 0.6) is 0 Å². The number of aryl methyl sites for hydroxylation is 1. The predicted molar refractivity (Wildman–Crippen MR) is 97.1 cm³/mol. The summed E-state index contributed by atoms with van der Waals surface area (Å²) in [6, 6.07) is 16.8. The Morgan fingerprint density at radius 3 is 1.83 bits per heavy atom.